The van der Waals surface area contributed by atoms with E-state index in [9.17, 15) is 4.79 Å². The van der Waals surface area contributed by atoms with E-state index >= 15 is 0 Å². The Labute approximate surface area is 155 Å². The summed E-state index contributed by atoms with van der Waals surface area (Å²) in [5.74, 6) is 0.753. The first kappa shape index (κ1) is 19.5. The molecule has 0 spiro atoms. The third-order valence-electron chi connectivity index (χ3n) is 3.99. The number of rotatable bonds is 8. The van der Waals surface area contributed by atoms with E-state index in [-0.39, 0.29) is 5.91 Å². The summed E-state index contributed by atoms with van der Waals surface area (Å²) in [6.45, 7) is 6.60. The van der Waals surface area contributed by atoms with Gasteiger partial charge in [-0.15, -0.1) is 0 Å². The predicted molar refractivity (Wildman–Crippen MR) is 107 cm³/mol. The van der Waals surface area contributed by atoms with Crippen molar-refractivity contribution in [1.82, 2.24) is 16.0 Å². The van der Waals surface area contributed by atoms with Gasteiger partial charge in [-0.25, -0.2) is 4.99 Å². The Morgan fingerprint density at radius 3 is 2.42 bits per heavy atom. The molecule has 0 bridgehead atoms. The monoisotopic (exact) mass is 352 g/mol. The van der Waals surface area contributed by atoms with Crippen LogP contribution in [0.3, 0.4) is 0 Å². The number of carbonyl (C=O) groups excluding carboxylic acids is 1. The van der Waals surface area contributed by atoms with Crippen LogP contribution in [-0.2, 0) is 17.9 Å². The van der Waals surface area contributed by atoms with E-state index in [2.05, 4.69) is 40.0 Å². The number of nitrogens with one attached hydrogen (secondary N) is 3. The quantitative estimate of drug-likeness (QED) is 0.506. The van der Waals surface area contributed by atoms with Crippen molar-refractivity contribution in [3.63, 3.8) is 0 Å². The minimum Gasteiger partial charge on any atom is -0.357 e. The fraction of sp³-hybridized carbons (Fsp3) is 0.333. The summed E-state index contributed by atoms with van der Waals surface area (Å²) < 4.78 is 0. The highest BCUT2D eigenvalue weighted by Gasteiger charge is 2.03. The zero-order valence-corrected chi connectivity index (χ0v) is 15.6. The van der Waals surface area contributed by atoms with Crippen molar-refractivity contribution >= 4 is 11.9 Å². The average Bonchev–Trinajstić information content (AvgIpc) is 2.66. The topological polar surface area (TPSA) is 65.5 Å². The smallest absolute Gasteiger partial charge is 0.222 e. The summed E-state index contributed by atoms with van der Waals surface area (Å²) in [5.41, 5.74) is 3.53. The van der Waals surface area contributed by atoms with Crippen molar-refractivity contribution in [1.29, 1.82) is 0 Å². The standard InChI is InChI=1S/C21H28N4O/c1-3-22-21(25-16-19-12-8-7-9-17(19)2)23-14-13-20(26)24-15-18-10-5-4-6-11-18/h4-12H,3,13-16H2,1-2H3,(H,24,26)(H2,22,23,25). The van der Waals surface area contributed by atoms with Crippen LogP contribution >= 0.6 is 0 Å². The van der Waals surface area contributed by atoms with Gasteiger partial charge in [-0.3, -0.25) is 4.79 Å². The first-order chi connectivity index (χ1) is 12.7. The molecule has 0 saturated carbocycles. The molecule has 2 aromatic carbocycles. The molecule has 0 aliphatic carbocycles. The van der Waals surface area contributed by atoms with Gasteiger partial charge in [0.05, 0.1) is 6.54 Å². The molecule has 1 amide bonds. The molecule has 138 valence electrons. The van der Waals surface area contributed by atoms with Gasteiger partial charge in [-0.1, -0.05) is 54.6 Å². The fourth-order valence-electron chi connectivity index (χ4n) is 2.47. The first-order valence-corrected chi connectivity index (χ1v) is 9.06. The van der Waals surface area contributed by atoms with E-state index in [4.69, 9.17) is 0 Å². The Morgan fingerprint density at radius 1 is 0.962 bits per heavy atom. The van der Waals surface area contributed by atoms with Gasteiger partial charge in [-0.05, 0) is 30.5 Å². The highest BCUT2D eigenvalue weighted by atomic mass is 16.1. The van der Waals surface area contributed by atoms with E-state index in [1.165, 1.54) is 11.1 Å². The van der Waals surface area contributed by atoms with Gasteiger partial charge in [-0.2, -0.15) is 0 Å². The van der Waals surface area contributed by atoms with Crippen molar-refractivity contribution in [2.24, 2.45) is 4.99 Å². The molecule has 3 N–H and O–H groups in total. The molecule has 26 heavy (non-hydrogen) atoms. The van der Waals surface area contributed by atoms with E-state index in [1.54, 1.807) is 0 Å². The predicted octanol–water partition coefficient (Wildman–Crippen LogP) is 2.76. The minimum absolute atomic E-state index is 0.0242. The van der Waals surface area contributed by atoms with Crippen LogP contribution < -0.4 is 16.0 Å². The van der Waals surface area contributed by atoms with Crippen LogP contribution in [0.1, 0.15) is 30.0 Å². The van der Waals surface area contributed by atoms with Gasteiger partial charge in [0.25, 0.3) is 0 Å². The maximum absolute atomic E-state index is 12.0. The van der Waals surface area contributed by atoms with Crippen LogP contribution in [0.4, 0.5) is 0 Å². The van der Waals surface area contributed by atoms with E-state index in [1.807, 2.05) is 49.4 Å². The van der Waals surface area contributed by atoms with Gasteiger partial charge in [0, 0.05) is 26.1 Å². The maximum Gasteiger partial charge on any atom is 0.222 e. The molecule has 0 fully saturated rings. The van der Waals surface area contributed by atoms with Crippen LogP contribution in [0.2, 0.25) is 0 Å². The Kier molecular flexibility index (Phi) is 8.19. The van der Waals surface area contributed by atoms with Crippen LogP contribution in [0, 0.1) is 6.92 Å². The Balaban J connectivity index is 1.76. The molecule has 0 aliphatic rings. The number of hydrogen-bond donors (Lipinski definition) is 3. The van der Waals surface area contributed by atoms with E-state index < -0.39 is 0 Å². The fourth-order valence-corrected chi connectivity index (χ4v) is 2.47. The highest BCUT2D eigenvalue weighted by Crippen LogP contribution is 2.07. The highest BCUT2D eigenvalue weighted by molar-refractivity contribution is 5.81. The minimum atomic E-state index is 0.0242. The zero-order valence-electron chi connectivity index (χ0n) is 15.6. The van der Waals surface area contributed by atoms with Gasteiger partial charge in [0.1, 0.15) is 0 Å². The van der Waals surface area contributed by atoms with Gasteiger partial charge in [0.15, 0.2) is 5.96 Å². The van der Waals surface area contributed by atoms with Crippen molar-refractivity contribution in [3.05, 3.63) is 71.3 Å². The van der Waals surface area contributed by atoms with Crippen molar-refractivity contribution in [2.75, 3.05) is 13.1 Å². The van der Waals surface area contributed by atoms with Crippen LogP contribution in [0.25, 0.3) is 0 Å². The summed E-state index contributed by atoms with van der Waals surface area (Å²) in [4.78, 5) is 16.6. The second-order valence-corrected chi connectivity index (χ2v) is 6.06. The molecular weight excluding hydrogens is 324 g/mol. The number of benzene rings is 2. The lowest BCUT2D eigenvalue weighted by atomic mass is 10.1. The largest absolute Gasteiger partial charge is 0.357 e. The maximum atomic E-state index is 12.0. The van der Waals surface area contributed by atoms with Gasteiger partial charge < -0.3 is 16.0 Å². The number of guanidine groups is 1. The number of hydrogen-bond acceptors (Lipinski definition) is 2. The molecule has 0 radical (unpaired) electrons. The lowest BCUT2D eigenvalue weighted by Crippen LogP contribution is -2.39. The molecule has 0 aromatic heterocycles. The number of aliphatic imine (C=N–C) groups is 1. The third-order valence-corrected chi connectivity index (χ3v) is 3.99. The number of amides is 1. The lowest BCUT2D eigenvalue weighted by Gasteiger charge is -2.12. The Bertz CT molecular complexity index is 713. The van der Waals surface area contributed by atoms with E-state index in [0.717, 1.165) is 18.1 Å². The number of carbonyl (C=O) groups is 1. The van der Waals surface area contributed by atoms with Crippen LogP contribution in [-0.4, -0.2) is 25.0 Å². The molecule has 2 rings (SSSR count). The lowest BCUT2D eigenvalue weighted by molar-refractivity contribution is -0.121. The number of aryl methyl sites for hydroxylation is 1. The summed E-state index contributed by atoms with van der Waals surface area (Å²) in [6, 6.07) is 18.1. The average molecular weight is 352 g/mol. The van der Waals surface area contributed by atoms with Crippen molar-refractivity contribution in [3.8, 4) is 0 Å². The summed E-state index contributed by atoms with van der Waals surface area (Å²) in [6.07, 6.45) is 0.404. The number of nitrogens with zero attached hydrogens (tertiary/aromatic N) is 1. The molecular formula is C21H28N4O. The summed E-state index contributed by atoms with van der Waals surface area (Å²) in [5, 5.41) is 9.36. The SMILES string of the molecule is CCNC(=NCc1ccccc1C)NCCC(=O)NCc1ccccc1. The van der Waals surface area contributed by atoms with Gasteiger partial charge in [0.2, 0.25) is 5.91 Å². The molecule has 5 heteroatoms. The zero-order chi connectivity index (χ0) is 18.6. The summed E-state index contributed by atoms with van der Waals surface area (Å²) in [7, 11) is 0. The van der Waals surface area contributed by atoms with Crippen LogP contribution in [0.15, 0.2) is 59.6 Å². The molecule has 2 aromatic rings. The normalized spacial score (nSPS) is 11.1. The second kappa shape index (κ2) is 10.9. The molecule has 0 unspecified atom stereocenters. The third kappa shape index (κ3) is 6.97. The summed E-state index contributed by atoms with van der Waals surface area (Å²) >= 11 is 0. The molecule has 0 aliphatic heterocycles. The Morgan fingerprint density at radius 2 is 1.69 bits per heavy atom. The Hall–Kier alpha value is -2.82. The first-order valence-electron chi connectivity index (χ1n) is 9.06. The second-order valence-electron chi connectivity index (χ2n) is 6.06. The molecule has 0 atom stereocenters. The van der Waals surface area contributed by atoms with E-state index in [0.29, 0.717) is 26.1 Å². The molecule has 5 nitrogen and oxygen atoms in total. The van der Waals surface area contributed by atoms with Gasteiger partial charge >= 0.3 is 0 Å². The van der Waals surface area contributed by atoms with Crippen molar-refractivity contribution in [2.45, 2.75) is 33.4 Å². The molecule has 0 saturated heterocycles. The molecule has 0 heterocycles. The van der Waals surface area contributed by atoms with Crippen LogP contribution in [0.5, 0.6) is 0 Å². The van der Waals surface area contributed by atoms with Crippen molar-refractivity contribution < 1.29 is 4.79 Å².